The summed E-state index contributed by atoms with van der Waals surface area (Å²) < 4.78 is 11.3. The first-order valence-corrected chi connectivity index (χ1v) is 9.08. The Kier molecular flexibility index (Phi) is 4.78. The smallest absolute Gasteiger partial charge is 0.247 e. The van der Waals surface area contributed by atoms with Crippen molar-refractivity contribution in [2.24, 2.45) is 0 Å². The number of benzene rings is 1. The largest absolute Gasteiger partial charge is 0.420 e. The van der Waals surface area contributed by atoms with E-state index in [1.165, 1.54) is 0 Å². The van der Waals surface area contributed by atoms with Gasteiger partial charge in [-0.25, -0.2) is 0 Å². The van der Waals surface area contributed by atoms with Crippen molar-refractivity contribution in [1.82, 2.24) is 15.1 Å². The van der Waals surface area contributed by atoms with Crippen LogP contribution in [0.3, 0.4) is 0 Å². The molecule has 4 rings (SSSR count). The van der Waals surface area contributed by atoms with Crippen LogP contribution in [0.15, 0.2) is 28.7 Å². The molecule has 0 atom stereocenters. The standard InChI is InChI=1S/C19H23N3O3/c23-17-3-1-2-10-22(17)13-14-4-6-15(7-5-14)18-20-21-19(25-18)16-8-11-24-12-9-16/h4-7,16H,1-3,8-13H2. The molecular weight excluding hydrogens is 318 g/mol. The number of carbonyl (C=O) groups is 1. The Balaban J connectivity index is 1.43. The van der Waals surface area contributed by atoms with Gasteiger partial charge in [0.25, 0.3) is 0 Å². The summed E-state index contributed by atoms with van der Waals surface area (Å²) in [5.74, 6) is 1.83. The van der Waals surface area contributed by atoms with Gasteiger partial charge in [-0.15, -0.1) is 10.2 Å². The van der Waals surface area contributed by atoms with Gasteiger partial charge in [0.2, 0.25) is 17.7 Å². The Morgan fingerprint density at radius 1 is 1.08 bits per heavy atom. The first-order valence-electron chi connectivity index (χ1n) is 9.08. The van der Waals surface area contributed by atoms with Crippen LogP contribution >= 0.6 is 0 Å². The first kappa shape index (κ1) is 16.3. The highest BCUT2D eigenvalue weighted by atomic mass is 16.5. The minimum atomic E-state index is 0.258. The zero-order valence-electron chi connectivity index (χ0n) is 14.3. The lowest BCUT2D eigenvalue weighted by atomic mass is 10.0. The average molecular weight is 341 g/mol. The van der Waals surface area contributed by atoms with Crippen LogP contribution in [-0.4, -0.2) is 40.8 Å². The van der Waals surface area contributed by atoms with Crippen LogP contribution in [0.5, 0.6) is 0 Å². The van der Waals surface area contributed by atoms with Gasteiger partial charge < -0.3 is 14.1 Å². The van der Waals surface area contributed by atoms with Crippen LogP contribution in [-0.2, 0) is 16.1 Å². The first-order chi connectivity index (χ1) is 12.3. The molecular formula is C19H23N3O3. The Bertz CT molecular complexity index is 720. The second-order valence-corrected chi connectivity index (χ2v) is 6.80. The quantitative estimate of drug-likeness (QED) is 0.854. The number of nitrogens with zero attached hydrogens (tertiary/aromatic N) is 3. The van der Waals surface area contributed by atoms with Gasteiger partial charge >= 0.3 is 0 Å². The fourth-order valence-electron chi connectivity index (χ4n) is 3.46. The minimum Gasteiger partial charge on any atom is -0.420 e. The zero-order valence-corrected chi connectivity index (χ0v) is 14.3. The normalized spacial score (nSPS) is 19.4. The SMILES string of the molecule is O=C1CCCCN1Cc1ccc(-c2nnc(C3CCOCC3)o2)cc1. The lowest BCUT2D eigenvalue weighted by Crippen LogP contribution is -2.34. The summed E-state index contributed by atoms with van der Waals surface area (Å²) in [5, 5.41) is 8.41. The maximum atomic E-state index is 11.9. The monoisotopic (exact) mass is 341 g/mol. The van der Waals surface area contributed by atoms with E-state index < -0.39 is 0 Å². The summed E-state index contributed by atoms with van der Waals surface area (Å²) in [6, 6.07) is 8.06. The van der Waals surface area contributed by atoms with Gasteiger partial charge in [-0.1, -0.05) is 12.1 Å². The number of hydrogen-bond acceptors (Lipinski definition) is 5. The van der Waals surface area contributed by atoms with Gasteiger partial charge in [-0.3, -0.25) is 4.79 Å². The van der Waals surface area contributed by atoms with E-state index >= 15 is 0 Å². The van der Waals surface area contributed by atoms with E-state index in [0.717, 1.165) is 56.6 Å². The molecule has 6 heteroatoms. The zero-order chi connectivity index (χ0) is 17.1. The van der Waals surface area contributed by atoms with Crippen molar-refractivity contribution < 1.29 is 13.9 Å². The average Bonchev–Trinajstić information content (AvgIpc) is 3.15. The summed E-state index contributed by atoms with van der Waals surface area (Å²) in [7, 11) is 0. The highest BCUT2D eigenvalue weighted by Crippen LogP contribution is 2.28. The third kappa shape index (κ3) is 3.74. The molecule has 2 fully saturated rings. The van der Waals surface area contributed by atoms with E-state index in [-0.39, 0.29) is 5.91 Å². The number of piperidine rings is 1. The lowest BCUT2D eigenvalue weighted by molar-refractivity contribution is -0.133. The summed E-state index contributed by atoms with van der Waals surface area (Å²) >= 11 is 0. The molecule has 1 amide bonds. The van der Waals surface area contributed by atoms with Crippen molar-refractivity contribution in [2.75, 3.05) is 19.8 Å². The number of carbonyl (C=O) groups excluding carboxylic acids is 1. The maximum absolute atomic E-state index is 11.9. The van der Waals surface area contributed by atoms with E-state index in [2.05, 4.69) is 10.2 Å². The number of hydrogen-bond donors (Lipinski definition) is 0. The van der Waals surface area contributed by atoms with Crippen LogP contribution in [0.25, 0.3) is 11.5 Å². The Morgan fingerprint density at radius 2 is 1.88 bits per heavy atom. The lowest BCUT2D eigenvalue weighted by Gasteiger charge is -2.26. The summed E-state index contributed by atoms with van der Waals surface area (Å²) in [5.41, 5.74) is 2.04. The van der Waals surface area contributed by atoms with Gasteiger partial charge in [0.15, 0.2) is 0 Å². The van der Waals surface area contributed by atoms with E-state index in [1.54, 1.807) is 0 Å². The molecule has 0 radical (unpaired) electrons. The van der Waals surface area contributed by atoms with Crippen LogP contribution in [0, 0.1) is 0 Å². The summed E-state index contributed by atoms with van der Waals surface area (Å²) in [6.07, 6.45) is 4.66. The number of likely N-dealkylation sites (tertiary alicyclic amines) is 1. The van der Waals surface area contributed by atoms with E-state index in [1.807, 2.05) is 29.2 Å². The Morgan fingerprint density at radius 3 is 2.64 bits per heavy atom. The van der Waals surface area contributed by atoms with Crippen molar-refractivity contribution in [2.45, 2.75) is 44.6 Å². The maximum Gasteiger partial charge on any atom is 0.247 e. The fraction of sp³-hybridized carbons (Fsp3) is 0.526. The van der Waals surface area contributed by atoms with Gasteiger partial charge in [-0.2, -0.15) is 0 Å². The van der Waals surface area contributed by atoms with Gasteiger partial charge in [0, 0.05) is 44.2 Å². The summed E-state index contributed by atoms with van der Waals surface area (Å²) in [4.78, 5) is 13.9. The van der Waals surface area contributed by atoms with Crippen LogP contribution < -0.4 is 0 Å². The molecule has 132 valence electrons. The Labute approximate surface area is 147 Å². The number of aromatic nitrogens is 2. The van der Waals surface area contributed by atoms with Crippen LogP contribution in [0.2, 0.25) is 0 Å². The third-order valence-corrected chi connectivity index (χ3v) is 5.01. The van der Waals surface area contributed by atoms with Gasteiger partial charge in [0.05, 0.1) is 0 Å². The van der Waals surface area contributed by atoms with Crippen molar-refractivity contribution in [3.05, 3.63) is 35.7 Å². The van der Waals surface area contributed by atoms with Crippen molar-refractivity contribution in [3.8, 4) is 11.5 Å². The van der Waals surface area contributed by atoms with E-state index in [4.69, 9.17) is 9.15 Å². The van der Waals surface area contributed by atoms with Gasteiger partial charge in [0.1, 0.15) is 0 Å². The predicted octanol–water partition coefficient (Wildman–Crippen LogP) is 3.14. The van der Waals surface area contributed by atoms with Crippen molar-refractivity contribution in [1.29, 1.82) is 0 Å². The molecule has 1 aromatic carbocycles. The van der Waals surface area contributed by atoms with Crippen LogP contribution in [0.4, 0.5) is 0 Å². The number of ether oxygens (including phenoxy) is 1. The van der Waals surface area contributed by atoms with Crippen LogP contribution in [0.1, 0.15) is 49.5 Å². The highest BCUT2D eigenvalue weighted by molar-refractivity contribution is 5.76. The molecule has 0 saturated carbocycles. The Hall–Kier alpha value is -2.21. The molecule has 25 heavy (non-hydrogen) atoms. The molecule has 0 aliphatic carbocycles. The molecule has 3 heterocycles. The molecule has 0 spiro atoms. The van der Waals surface area contributed by atoms with E-state index in [9.17, 15) is 4.79 Å². The molecule has 2 aliphatic heterocycles. The molecule has 0 N–H and O–H groups in total. The fourth-order valence-corrected chi connectivity index (χ4v) is 3.46. The number of rotatable bonds is 4. The molecule has 2 saturated heterocycles. The van der Waals surface area contributed by atoms with Crippen molar-refractivity contribution >= 4 is 5.91 Å². The molecule has 0 unspecified atom stereocenters. The summed E-state index contributed by atoms with van der Waals surface area (Å²) in [6.45, 7) is 3.05. The van der Waals surface area contributed by atoms with E-state index in [0.29, 0.717) is 30.7 Å². The number of amides is 1. The minimum absolute atomic E-state index is 0.258. The topological polar surface area (TPSA) is 68.5 Å². The third-order valence-electron chi connectivity index (χ3n) is 5.01. The molecule has 0 bridgehead atoms. The highest BCUT2D eigenvalue weighted by Gasteiger charge is 2.22. The second-order valence-electron chi connectivity index (χ2n) is 6.80. The predicted molar refractivity (Wildman–Crippen MR) is 91.8 cm³/mol. The van der Waals surface area contributed by atoms with Gasteiger partial charge in [-0.05, 0) is 43.4 Å². The van der Waals surface area contributed by atoms with Crippen molar-refractivity contribution in [3.63, 3.8) is 0 Å². The molecule has 1 aromatic heterocycles. The molecule has 2 aromatic rings. The second kappa shape index (κ2) is 7.35. The molecule has 6 nitrogen and oxygen atoms in total. The molecule has 2 aliphatic rings.